The second-order valence-electron chi connectivity index (χ2n) is 2.32. The molecule has 1 fully saturated rings. The molecule has 3 heteroatoms. The fourth-order valence-corrected chi connectivity index (χ4v) is 1.59. The third-order valence-corrected chi connectivity index (χ3v) is 2.42. The highest BCUT2D eigenvalue weighted by molar-refractivity contribution is 7.80. The van der Waals surface area contributed by atoms with Gasteiger partial charge in [-0.25, -0.2) is 0 Å². The summed E-state index contributed by atoms with van der Waals surface area (Å²) in [6.45, 7) is 0. The largest absolute Gasteiger partial charge is 0.373 e. The first kappa shape index (κ1) is 7.76. The minimum Gasteiger partial charge on any atom is -0.373 e. The Balaban J connectivity index is 2.20. The number of ether oxygens (including phenoxy) is 1. The molecule has 1 aliphatic heterocycles. The summed E-state index contributed by atoms with van der Waals surface area (Å²) < 4.78 is 5.51. The Bertz CT molecular complexity index is 77.1. The third kappa shape index (κ3) is 2.06. The van der Waals surface area contributed by atoms with Crippen LogP contribution in [0.2, 0.25) is 0 Å². The maximum atomic E-state index is 5.51. The van der Waals surface area contributed by atoms with E-state index in [4.69, 9.17) is 4.74 Å². The molecule has 0 aromatic rings. The highest BCUT2D eigenvalue weighted by Gasteiger charge is 2.22. The molecule has 1 saturated heterocycles. The molecule has 0 radical (unpaired) electrons. The second-order valence-corrected chi connectivity index (χ2v) is 3.05. The average molecular weight is 164 g/mol. The zero-order valence-electron chi connectivity index (χ0n) is 5.29. The highest BCUT2D eigenvalue weighted by Crippen LogP contribution is 2.20. The van der Waals surface area contributed by atoms with Gasteiger partial charge in [0.2, 0.25) is 0 Å². The zero-order valence-corrected chi connectivity index (χ0v) is 7.07. The van der Waals surface area contributed by atoms with Crippen LogP contribution in [-0.4, -0.2) is 23.7 Å². The zero-order chi connectivity index (χ0) is 6.69. The molecule has 9 heavy (non-hydrogen) atoms. The predicted molar refractivity (Wildman–Crippen MR) is 45.6 cm³/mol. The fourth-order valence-electron chi connectivity index (χ4n) is 1.05. The lowest BCUT2D eigenvalue weighted by Crippen LogP contribution is -2.12. The summed E-state index contributed by atoms with van der Waals surface area (Å²) in [7, 11) is 0. The van der Waals surface area contributed by atoms with Gasteiger partial charge in [0.15, 0.2) is 0 Å². The van der Waals surface area contributed by atoms with Crippen LogP contribution in [0.5, 0.6) is 0 Å². The van der Waals surface area contributed by atoms with Crippen molar-refractivity contribution in [2.75, 3.05) is 11.5 Å². The maximum Gasteiger partial charge on any atom is 0.0668 e. The van der Waals surface area contributed by atoms with Gasteiger partial charge in [-0.2, -0.15) is 25.3 Å². The van der Waals surface area contributed by atoms with Crippen LogP contribution in [-0.2, 0) is 4.74 Å². The van der Waals surface area contributed by atoms with Crippen molar-refractivity contribution >= 4 is 25.3 Å². The highest BCUT2D eigenvalue weighted by atomic mass is 32.1. The van der Waals surface area contributed by atoms with Crippen molar-refractivity contribution in [1.82, 2.24) is 0 Å². The van der Waals surface area contributed by atoms with Crippen molar-refractivity contribution < 1.29 is 4.74 Å². The summed E-state index contributed by atoms with van der Waals surface area (Å²) >= 11 is 8.29. The molecule has 1 nitrogen and oxygen atoms in total. The predicted octanol–water partition coefficient (Wildman–Crippen LogP) is 1.39. The molecule has 1 aliphatic rings. The van der Waals surface area contributed by atoms with Crippen molar-refractivity contribution in [2.24, 2.45) is 0 Å². The van der Waals surface area contributed by atoms with Crippen molar-refractivity contribution in [3.8, 4) is 0 Å². The van der Waals surface area contributed by atoms with Crippen LogP contribution in [0.1, 0.15) is 12.8 Å². The van der Waals surface area contributed by atoms with Gasteiger partial charge in [0.05, 0.1) is 12.2 Å². The van der Waals surface area contributed by atoms with Crippen LogP contribution in [0.4, 0.5) is 0 Å². The molecule has 0 amide bonds. The Morgan fingerprint density at radius 2 is 1.56 bits per heavy atom. The van der Waals surface area contributed by atoms with Gasteiger partial charge in [0.1, 0.15) is 0 Å². The van der Waals surface area contributed by atoms with Crippen molar-refractivity contribution in [2.45, 2.75) is 25.0 Å². The molecule has 0 N–H and O–H groups in total. The summed E-state index contributed by atoms with van der Waals surface area (Å²) in [5, 5.41) is 0. The molecule has 0 aromatic heterocycles. The van der Waals surface area contributed by atoms with Crippen LogP contribution >= 0.6 is 25.3 Å². The second kappa shape index (κ2) is 3.74. The first-order chi connectivity index (χ1) is 4.36. The Morgan fingerprint density at radius 1 is 1.11 bits per heavy atom. The maximum absolute atomic E-state index is 5.51. The van der Waals surface area contributed by atoms with Crippen molar-refractivity contribution in [1.29, 1.82) is 0 Å². The van der Waals surface area contributed by atoms with E-state index in [0.717, 1.165) is 24.3 Å². The summed E-state index contributed by atoms with van der Waals surface area (Å²) in [6.07, 6.45) is 3.11. The number of hydrogen-bond acceptors (Lipinski definition) is 3. The van der Waals surface area contributed by atoms with Gasteiger partial charge in [0.25, 0.3) is 0 Å². The Morgan fingerprint density at radius 3 is 1.78 bits per heavy atom. The van der Waals surface area contributed by atoms with Crippen LogP contribution < -0.4 is 0 Å². The van der Waals surface area contributed by atoms with E-state index < -0.39 is 0 Å². The van der Waals surface area contributed by atoms with Crippen LogP contribution in [0.3, 0.4) is 0 Å². The Kier molecular flexibility index (Phi) is 3.22. The average Bonchev–Trinajstić information content (AvgIpc) is 2.34. The van der Waals surface area contributed by atoms with Gasteiger partial charge in [-0.15, -0.1) is 0 Å². The molecule has 0 bridgehead atoms. The third-order valence-electron chi connectivity index (χ3n) is 1.60. The van der Waals surface area contributed by atoms with E-state index in [-0.39, 0.29) is 0 Å². The molecule has 0 saturated carbocycles. The standard InChI is InChI=1S/C6H12OS2/c8-3-5-1-2-6(4-9)7-5/h5-6,8-9H,1-4H2/t5-,6-/m0/s1. The van der Waals surface area contributed by atoms with Crippen LogP contribution in [0.15, 0.2) is 0 Å². The molecule has 0 unspecified atom stereocenters. The van der Waals surface area contributed by atoms with Crippen LogP contribution in [0.25, 0.3) is 0 Å². The molecular formula is C6H12OS2. The van der Waals surface area contributed by atoms with Gasteiger partial charge in [-0.05, 0) is 12.8 Å². The van der Waals surface area contributed by atoms with E-state index in [2.05, 4.69) is 25.3 Å². The quantitative estimate of drug-likeness (QED) is 0.587. The van der Waals surface area contributed by atoms with Gasteiger partial charge in [0, 0.05) is 11.5 Å². The lowest BCUT2D eigenvalue weighted by molar-refractivity contribution is 0.0731. The summed E-state index contributed by atoms with van der Waals surface area (Å²) in [6, 6.07) is 0. The van der Waals surface area contributed by atoms with E-state index in [1.54, 1.807) is 0 Å². The lowest BCUT2D eigenvalue weighted by Gasteiger charge is -2.07. The van der Waals surface area contributed by atoms with Crippen molar-refractivity contribution in [3.63, 3.8) is 0 Å². The van der Waals surface area contributed by atoms with E-state index >= 15 is 0 Å². The van der Waals surface area contributed by atoms with Crippen LogP contribution in [0, 0.1) is 0 Å². The fraction of sp³-hybridized carbons (Fsp3) is 1.00. The van der Waals surface area contributed by atoms with E-state index in [1.807, 2.05) is 0 Å². The minimum atomic E-state index is 0.394. The molecule has 1 heterocycles. The Labute approximate surface area is 67.0 Å². The van der Waals surface area contributed by atoms with Gasteiger partial charge >= 0.3 is 0 Å². The minimum absolute atomic E-state index is 0.394. The molecule has 54 valence electrons. The number of rotatable bonds is 2. The van der Waals surface area contributed by atoms with Gasteiger partial charge < -0.3 is 4.74 Å². The van der Waals surface area contributed by atoms with E-state index in [1.165, 1.54) is 0 Å². The number of hydrogen-bond donors (Lipinski definition) is 2. The van der Waals surface area contributed by atoms with Gasteiger partial charge in [-0.1, -0.05) is 0 Å². The summed E-state index contributed by atoms with van der Waals surface area (Å²) in [5.74, 6) is 1.70. The molecule has 0 aliphatic carbocycles. The van der Waals surface area contributed by atoms with Gasteiger partial charge in [-0.3, -0.25) is 0 Å². The first-order valence-electron chi connectivity index (χ1n) is 3.24. The molecule has 2 atom stereocenters. The topological polar surface area (TPSA) is 9.23 Å². The van der Waals surface area contributed by atoms with E-state index in [0.29, 0.717) is 12.2 Å². The molecule has 0 spiro atoms. The molecule has 1 rings (SSSR count). The normalized spacial score (nSPS) is 35.3. The molecule has 0 aromatic carbocycles. The lowest BCUT2D eigenvalue weighted by atomic mass is 10.2. The monoisotopic (exact) mass is 164 g/mol. The SMILES string of the molecule is SC[C@@H]1CC[C@@H](CS)O1. The Hall–Kier alpha value is 0.660. The number of thiol groups is 2. The molecular weight excluding hydrogens is 152 g/mol. The smallest absolute Gasteiger partial charge is 0.0668 e. The van der Waals surface area contributed by atoms with E-state index in [9.17, 15) is 0 Å². The summed E-state index contributed by atoms with van der Waals surface area (Å²) in [4.78, 5) is 0. The van der Waals surface area contributed by atoms with Crippen molar-refractivity contribution in [3.05, 3.63) is 0 Å². The first-order valence-corrected chi connectivity index (χ1v) is 4.50. The summed E-state index contributed by atoms with van der Waals surface area (Å²) in [5.41, 5.74) is 0.